The monoisotopic (exact) mass is 476 g/mol. The molecule has 1 heterocycles. The summed E-state index contributed by atoms with van der Waals surface area (Å²) in [6.07, 6.45) is 0.0745. The predicted octanol–water partition coefficient (Wildman–Crippen LogP) is 2.53. The first-order valence-corrected chi connectivity index (χ1v) is 11.3. The molecule has 5 N–H and O–H groups in total. The fraction of sp³-hybridized carbons (Fsp3) is 0.269. The molecule has 0 aliphatic carbocycles. The first kappa shape index (κ1) is 25.4. The van der Waals surface area contributed by atoms with E-state index in [0.717, 1.165) is 16.7 Å². The van der Waals surface area contributed by atoms with Gasteiger partial charge < -0.3 is 21.3 Å². The third kappa shape index (κ3) is 7.92. The van der Waals surface area contributed by atoms with Gasteiger partial charge >= 0.3 is 0 Å². The van der Waals surface area contributed by atoms with Gasteiger partial charge in [0.05, 0.1) is 6.04 Å². The van der Waals surface area contributed by atoms with Crippen molar-refractivity contribution in [2.24, 2.45) is 11.5 Å². The molecule has 0 aliphatic rings. The summed E-state index contributed by atoms with van der Waals surface area (Å²) in [7, 11) is 0. The number of Topliss-reactive ketones (excluding diaryl/α,β-unsaturated/α-hetero) is 1. The van der Waals surface area contributed by atoms with Crippen LogP contribution in [0.25, 0.3) is 22.4 Å². The molecule has 0 radical (unpaired) electrons. The van der Waals surface area contributed by atoms with Crippen LogP contribution in [0.2, 0.25) is 0 Å². The fourth-order valence-corrected chi connectivity index (χ4v) is 3.55. The molecule has 182 valence electrons. The molecule has 0 bridgehead atoms. The second-order valence-corrected chi connectivity index (χ2v) is 8.18. The number of ketones is 1. The van der Waals surface area contributed by atoms with E-state index in [0.29, 0.717) is 11.5 Å². The molecule has 9 heteroatoms. The molecule has 1 atom stereocenters. The van der Waals surface area contributed by atoms with Gasteiger partial charge in [0, 0.05) is 43.7 Å². The fourth-order valence-electron chi connectivity index (χ4n) is 3.55. The number of benzene rings is 2. The molecule has 3 rings (SSSR count). The molecule has 1 aromatic heterocycles. The maximum atomic E-state index is 12.4. The highest BCUT2D eigenvalue weighted by molar-refractivity contribution is 5.91. The Hall–Kier alpha value is -4.27. The lowest BCUT2D eigenvalue weighted by Gasteiger charge is -2.16. The molecule has 0 aliphatic heterocycles. The second-order valence-electron chi connectivity index (χ2n) is 8.18. The first-order chi connectivity index (χ1) is 16.8. The number of aryl methyl sites for hydroxylation is 1. The average Bonchev–Trinajstić information content (AvgIpc) is 3.33. The Morgan fingerprint density at radius 1 is 0.800 bits per heavy atom. The first-order valence-electron chi connectivity index (χ1n) is 11.3. The molecule has 0 spiro atoms. The maximum absolute atomic E-state index is 12.4. The summed E-state index contributed by atoms with van der Waals surface area (Å²) < 4.78 is 5.37. The van der Waals surface area contributed by atoms with Crippen molar-refractivity contribution in [3.8, 4) is 22.4 Å². The number of aromatic nitrogens is 1. The highest BCUT2D eigenvalue weighted by atomic mass is 16.5. The third-order valence-electron chi connectivity index (χ3n) is 5.47. The molecule has 0 saturated heterocycles. The van der Waals surface area contributed by atoms with Gasteiger partial charge in [-0.25, -0.2) is 0 Å². The van der Waals surface area contributed by atoms with Crippen LogP contribution in [0.15, 0.2) is 65.2 Å². The van der Waals surface area contributed by atoms with Gasteiger partial charge in [-0.1, -0.05) is 59.8 Å². The van der Waals surface area contributed by atoms with Crippen LogP contribution < -0.4 is 16.8 Å². The molecule has 0 unspecified atom stereocenters. The van der Waals surface area contributed by atoms with Gasteiger partial charge in [0.1, 0.15) is 11.5 Å². The summed E-state index contributed by atoms with van der Waals surface area (Å²) in [5.41, 5.74) is 14.0. The normalized spacial score (nSPS) is 11.5. The zero-order valence-corrected chi connectivity index (χ0v) is 19.2. The van der Waals surface area contributed by atoms with Crippen molar-refractivity contribution in [2.75, 3.05) is 0 Å². The number of nitrogens with two attached hydrogens (primary N) is 2. The SMILES string of the molecule is NC(=O)CCC(=O)[C@H](CCC(N)=O)NC(=O)CCc1cc(-c2ccc(-c3ccccc3)cc2)no1. The van der Waals surface area contributed by atoms with E-state index < -0.39 is 23.8 Å². The largest absolute Gasteiger partial charge is 0.370 e. The van der Waals surface area contributed by atoms with Crippen LogP contribution in [0.4, 0.5) is 0 Å². The molecule has 35 heavy (non-hydrogen) atoms. The summed E-state index contributed by atoms with van der Waals surface area (Å²) >= 11 is 0. The smallest absolute Gasteiger partial charge is 0.221 e. The van der Waals surface area contributed by atoms with E-state index in [-0.39, 0.29) is 44.3 Å². The number of carbonyl (C=O) groups is 4. The lowest BCUT2D eigenvalue weighted by molar-refractivity contribution is -0.129. The Kier molecular flexibility index (Phi) is 8.89. The third-order valence-corrected chi connectivity index (χ3v) is 5.47. The van der Waals surface area contributed by atoms with Crippen molar-refractivity contribution < 1.29 is 23.7 Å². The van der Waals surface area contributed by atoms with E-state index in [1.165, 1.54) is 0 Å². The van der Waals surface area contributed by atoms with Crippen molar-refractivity contribution in [3.63, 3.8) is 0 Å². The molecule has 0 fully saturated rings. The lowest BCUT2D eigenvalue weighted by atomic mass is 10.0. The van der Waals surface area contributed by atoms with Crippen LogP contribution in [0.5, 0.6) is 0 Å². The lowest BCUT2D eigenvalue weighted by Crippen LogP contribution is -2.41. The van der Waals surface area contributed by atoms with Crippen LogP contribution in [0.1, 0.15) is 37.9 Å². The van der Waals surface area contributed by atoms with Crippen LogP contribution in [0, 0.1) is 0 Å². The van der Waals surface area contributed by atoms with E-state index in [2.05, 4.69) is 10.5 Å². The quantitative estimate of drug-likeness (QED) is 0.344. The van der Waals surface area contributed by atoms with Gasteiger partial charge in [0.2, 0.25) is 17.7 Å². The van der Waals surface area contributed by atoms with E-state index in [1.54, 1.807) is 6.07 Å². The average molecular weight is 477 g/mol. The van der Waals surface area contributed by atoms with Crippen molar-refractivity contribution in [2.45, 2.75) is 44.6 Å². The molecular formula is C26H28N4O5. The number of amides is 3. The predicted molar refractivity (Wildman–Crippen MR) is 129 cm³/mol. The Balaban J connectivity index is 1.55. The van der Waals surface area contributed by atoms with E-state index in [4.69, 9.17) is 16.0 Å². The van der Waals surface area contributed by atoms with Crippen LogP contribution in [-0.2, 0) is 25.6 Å². The van der Waals surface area contributed by atoms with Crippen LogP contribution >= 0.6 is 0 Å². The van der Waals surface area contributed by atoms with Gasteiger partial charge in [0.25, 0.3) is 0 Å². The standard InChI is InChI=1S/C26H28N4O5/c27-24(32)13-11-21(23(31)12-14-25(28)33)29-26(34)15-10-20-16-22(30-35-20)19-8-6-18(7-9-19)17-4-2-1-3-5-17/h1-9,16,21H,10-15H2,(H2,27,32)(H2,28,33)(H,29,34)/t21-/m0/s1. The van der Waals surface area contributed by atoms with Crippen LogP contribution in [-0.4, -0.2) is 34.7 Å². The molecule has 3 amide bonds. The second kappa shape index (κ2) is 12.3. The van der Waals surface area contributed by atoms with Gasteiger partial charge in [0.15, 0.2) is 5.78 Å². The molecule has 3 aromatic rings. The Morgan fingerprint density at radius 2 is 1.43 bits per heavy atom. The number of hydrogen-bond acceptors (Lipinski definition) is 6. The number of rotatable bonds is 13. The number of nitrogens with one attached hydrogen (secondary N) is 1. The molecular weight excluding hydrogens is 448 g/mol. The molecule has 9 nitrogen and oxygen atoms in total. The highest BCUT2D eigenvalue weighted by Gasteiger charge is 2.22. The summed E-state index contributed by atoms with van der Waals surface area (Å²) in [5, 5.41) is 6.71. The van der Waals surface area contributed by atoms with Crippen LogP contribution in [0.3, 0.4) is 0 Å². The Morgan fingerprint density at radius 3 is 2.09 bits per heavy atom. The van der Waals surface area contributed by atoms with Gasteiger partial charge in [-0.05, 0) is 17.5 Å². The van der Waals surface area contributed by atoms with Crippen molar-refractivity contribution in [3.05, 3.63) is 66.4 Å². The summed E-state index contributed by atoms with van der Waals surface area (Å²) in [4.78, 5) is 46.8. The van der Waals surface area contributed by atoms with Gasteiger partial charge in [-0.3, -0.25) is 19.2 Å². The number of carbonyl (C=O) groups excluding carboxylic acids is 4. The Bertz CT molecular complexity index is 1170. The van der Waals surface area contributed by atoms with Gasteiger partial charge in [-0.15, -0.1) is 0 Å². The maximum Gasteiger partial charge on any atom is 0.221 e. The van der Waals surface area contributed by atoms with Crippen molar-refractivity contribution >= 4 is 23.5 Å². The summed E-state index contributed by atoms with van der Waals surface area (Å²) in [6.45, 7) is 0. The topological polar surface area (TPSA) is 158 Å². The summed E-state index contributed by atoms with van der Waals surface area (Å²) in [6, 6.07) is 18.8. The van der Waals surface area contributed by atoms with Crippen molar-refractivity contribution in [1.82, 2.24) is 10.5 Å². The van der Waals surface area contributed by atoms with Crippen molar-refractivity contribution in [1.29, 1.82) is 0 Å². The molecule has 2 aromatic carbocycles. The van der Waals surface area contributed by atoms with E-state index in [9.17, 15) is 19.2 Å². The minimum Gasteiger partial charge on any atom is -0.370 e. The van der Waals surface area contributed by atoms with E-state index in [1.807, 2.05) is 54.6 Å². The zero-order valence-electron chi connectivity index (χ0n) is 19.2. The van der Waals surface area contributed by atoms with Gasteiger partial charge in [-0.2, -0.15) is 0 Å². The zero-order chi connectivity index (χ0) is 25.2. The number of hydrogen-bond donors (Lipinski definition) is 3. The minimum atomic E-state index is -0.914. The number of nitrogens with zero attached hydrogens (tertiary/aromatic N) is 1. The molecule has 0 saturated carbocycles. The highest BCUT2D eigenvalue weighted by Crippen LogP contribution is 2.25. The van der Waals surface area contributed by atoms with E-state index >= 15 is 0 Å². The summed E-state index contributed by atoms with van der Waals surface area (Å²) in [5.74, 6) is -1.44. The minimum absolute atomic E-state index is 0.0533. The number of primary amides is 2. The Labute approximate surface area is 202 Å².